The highest BCUT2D eigenvalue weighted by atomic mass is 15.2. The summed E-state index contributed by atoms with van der Waals surface area (Å²) in [6.45, 7) is 10.9. The molecule has 0 aromatic carbocycles. The van der Waals surface area contributed by atoms with Crippen LogP contribution in [0.3, 0.4) is 0 Å². The van der Waals surface area contributed by atoms with Gasteiger partial charge in [-0.3, -0.25) is 4.99 Å². The summed E-state index contributed by atoms with van der Waals surface area (Å²) < 4.78 is 0. The van der Waals surface area contributed by atoms with E-state index in [0.717, 1.165) is 38.1 Å². The summed E-state index contributed by atoms with van der Waals surface area (Å²) in [7, 11) is 1.83. The maximum atomic E-state index is 4.23. The molecule has 94 valence electrons. The number of guanidine groups is 1. The first-order valence-electron chi connectivity index (χ1n) is 6.40. The Morgan fingerprint density at radius 3 is 2.44 bits per heavy atom. The molecule has 0 aromatic rings. The van der Waals surface area contributed by atoms with Gasteiger partial charge in [0.15, 0.2) is 5.96 Å². The summed E-state index contributed by atoms with van der Waals surface area (Å²) in [6, 6.07) is 0.639. The molecule has 16 heavy (non-hydrogen) atoms. The number of rotatable bonds is 6. The minimum atomic E-state index is 0.639. The minimum Gasteiger partial charge on any atom is -0.355 e. The second-order valence-corrected chi connectivity index (χ2v) is 4.49. The van der Waals surface area contributed by atoms with Crippen molar-refractivity contribution < 1.29 is 0 Å². The smallest absolute Gasteiger partial charge is 0.191 e. The average molecular weight is 226 g/mol. The fraction of sp³-hybridized carbons (Fsp3) is 0.917. The van der Waals surface area contributed by atoms with E-state index in [1.807, 2.05) is 7.05 Å². The first-order valence-corrected chi connectivity index (χ1v) is 6.40. The number of likely N-dealkylation sites (N-methyl/N-ethyl adjacent to an activating group) is 1. The average Bonchev–Trinajstić information content (AvgIpc) is 2.99. The van der Waals surface area contributed by atoms with Gasteiger partial charge in [0.2, 0.25) is 0 Å². The van der Waals surface area contributed by atoms with Gasteiger partial charge in [-0.05, 0) is 25.4 Å². The number of nitrogens with zero attached hydrogens (tertiary/aromatic N) is 2. The summed E-state index contributed by atoms with van der Waals surface area (Å²) in [5.41, 5.74) is 0. The molecule has 4 heteroatoms. The Kier molecular flexibility index (Phi) is 5.60. The van der Waals surface area contributed by atoms with Crippen molar-refractivity contribution in [1.29, 1.82) is 0 Å². The molecule has 0 spiro atoms. The van der Waals surface area contributed by atoms with E-state index < -0.39 is 0 Å². The lowest BCUT2D eigenvalue weighted by atomic mass is 10.4. The van der Waals surface area contributed by atoms with Crippen LogP contribution in [0.15, 0.2) is 4.99 Å². The number of nitrogens with one attached hydrogen (secondary N) is 2. The third-order valence-corrected chi connectivity index (χ3v) is 3.27. The maximum Gasteiger partial charge on any atom is 0.191 e. The molecule has 0 amide bonds. The number of hydrogen-bond donors (Lipinski definition) is 2. The van der Waals surface area contributed by atoms with Crippen LogP contribution in [0.4, 0.5) is 0 Å². The summed E-state index contributed by atoms with van der Waals surface area (Å²) in [5, 5.41) is 6.78. The first kappa shape index (κ1) is 13.3. The van der Waals surface area contributed by atoms with Crippen LogP contribution in [0.25, 0.3) is 0 Å². The van der Waals surface area contributed by atoms with Crippen molar-refractivity contribution in [2.75, 3.05) is 33.2 Å². The van der Waals surface area contributed by atoms with E-state index in [1.165, 1.54) is 6.42 Å². The van der Waals surface area contributed by atoms with Crippen LogP contribution in [0.2, 0.25) is 0 Å². The van der Waals surface area contributed by atoms with E-state index in [2.05, 4.69) is 41.3 Å². The molecule has 2 atom stereocenters. The first-order chi connectivity index (χ1) is 7.71. The van der Waals surface area contributed by atoms with Crippen molar-refractivity contribution in [2.45, 2.75) is 33.2 Å². The zero-order chi connectivity index (χ0) is 12.0. The van der Waals surface area contributed by atoms with Gasteiger partial charge in [0.25, 0.3) is 0 Å². The topological polar surface area (TPSA) is 39.7 Å². The Bertz CT molecular complexity index is 223. The van der Waals surface area contributed by atoms with Crippen LogP contribution in [0.5, 0.6) is 0 Å². The number of aliphatic imine (C=N–C) groups is 1. The highest BCUT2D eigenvalue weighted by Gasteiger charge is 2.33. The van der Waals surface area contributed by atoms with E-state index in [-0.39, 0.29) is 0 Å². The van der Waals surface area contributed by atoms with Crippen LogP contribution in [0, 0.1) is 5.92 Å². The molecule has 1 aliphatic rings. The maximum absolute atomic E-state index is 4.23. The van der Waals surface area contributed by atoms with Crippen molar-refractivity contribution >= 4 is 5.96 Å². The quantitative estimate of drug-likeness (QED) is 0.522. The van der Waals surface area contributed by atoms with E-state index in [9.17, 15) is 0 Å². The Labute approximate surface area is 99.5 Å². The van der Waals surface area contributed by atoms with Gasteiger partial charge >= 0.3 is 0 Å². The third-order valence-electron chi connectivity index (χ3n) is 3.27. The molecule has 1 aliphatic carbocycles. The standard InChI is InChI=1S/C12H26N4/c1-5-16(6-2)8-7-14-12(13-4)15-11-9-10(11)3/h10-11H,5-9H2,1-4H3,(H2,13,14,15). The lowest BCUT2D eigenvalue weighted by Gasteiger charge is -2.19. The SMILES string of the molecule is CCN(CC)CCNC(=NC)NC1CC1C. The van der Waals surface area contributed by atoms with Crippen LogP contribution in [0.1, 0.15) is 27.2 Å². The van der Waals surface area contributed by atoms with E-state index in [4.69, 9.17) is 0 Å². The Hall–Kier alpha value is -0.770. The van der Waals surface area contributed by atoms with Gasteiger partial charge in [-0.1, -0.05) is 20.8 Å². The van der Waals surface area contributed by atoms with Gasteiger partial charge in [-0.2, -0.15) is 0 Å². The van der Waals surface area contributed by atoms with Crippen molar-refractivity contribution in [3.05, 3.63) is 0 Å². The minimum absolute atomic E-state index is 0.639. The molecule has 0 radical (unpaired) electrons. The fourth-order valence-electron chi connectivity index (χ4n) is 1.77. The van der Waals surface area contributed by atoms with Gasteiger partial charge in [-0.15, -0.1) is 0 Å². The lowest BCUT2D eigenvalue weighted by molar-refractivity contribution is 0.308. The Morgan fingerprint density at radius 2 is 2.00 bits per heavy atom. The normalized spacial score (nSPS) is 24.7. The van der Waals surface area contributed by atoms with E-state index >= 15 is 0 Å². The number of hydrogen-bond acceptors (Lipinski definition) is 2. The molecule has 0 aliphatic heterocycles. The Balaban J connectivity index is 2.14. The zero-order valence-electron chi connectivity index (χ0n) is 11.1. The highest BCUT2D eigenvalue weighted by Crippen LogP contribution is 2.28. The fourth-order valence-corrected chi connectivity index (χ4v) is 1.77. The molecule has 1 saturated carbocycles. The highest BCUT2D eigenvalue weighted by molar-refractivity contribution is 5.80. The molecule has 4 nitrogen and oxygen atoms in total. The van der Waals surface area contributed by atoms with Crippen molar-refractivity contribution in [3.8, 4) is 0 Å². The molecular weight excluding hydrogens is 200 g/mol. The predicted molar refractivity (Wildman–Crippen MR) is 69.9 cm³/mol. The van der Waals surface area contributed by atoms with E-state index in [1.54, 1.807) is 0 Å². The largest absolute Gasteiger partial charge is 0.355 e. The summed E-state index contributed by atoms with van der Waals surface area (Å²) in [6.07, 6.45) is 1.27. The second kappa shape index (κ2) is 6.74. The van der Waals surface area contributed by atoms with Gasteiger partial charge in [0.05, 0.1) is 0 Å². The van der Waals surface area contributed by atoms with Crippen molar-refractivity contribution in [3.63, 3.8) is 0 Å². The molecule has 1 fully saturated rings. The molecule has 1 rings (SSSR count). The molecule has 2 N–H and O–H groups in total. The molecule has 2 unspecified atom stereocenters. The molecule has 0 saturated heterocycles. The van der Waals surface area contributed by atoms with Crippen LogP contribution >= 0.6 is 0 Å². The second-order valence-electron chi connectivity index (χ2n) is 4.49. The Morgan fingerprint density at radius 1 is 1.38 bits per heavy atom. The van der Waals surface area contributed by atoms with Gasteiger partial charge in [0, 0.05) is 26.2 Å². The van der Waals surface area contributed by atoms with E-state index in [0.29, 0.717) is 6.04 Å². The van der Waals surface area contributed by atoms with Crippen LogP contribution in [-0.4, -0.2) is 50.1 Å². The summed E-state index contributed by atoms with van der Waals surface area (Å²) in [5.74, 6) is 1.75. The van der Waals surface area contributed by atoms with Gasteiger partial charge in [0.1, 0.15) is 0 Å². The zero-order valence-corrected chi connectivity index (χ0v) is 11.1. The molecule has 0 aromatic heterocycles. The van der Waals surface area contributed by atoms with Gasteiger partial charge in [-0.25, -0.2) is 0 Å². The summed E-state index contributed by atoms with van der Waals surface area (Å²) >= 11 is 0. The monoisotopic (exact) mass is 226 g/mol. The van der Waals surface area contributed by atoms with Crippen LogP contribution < -0.4 is 10.6 Å². The molecule has 0 heterocycles. The third kappa shape index (κ3) is 4.39. The van der Waals surface area contributed by atoms with Crippen molar-refractivity contribution in [1.82, 2.24) is 15.5 Å². The van der Waals surface area contributed by atoms with Crippen LogP contribution in [-0.2, 0) is 0 Å². The lowest BCUT2D eigenvalue weighted by Crippen LogP contribution is -2.42. The van der Waals surface area contributed by atoms with Crippen molar-refractivity contribution in [2.24, 2.45) is 10.9 Å². The molecule has 0 bridgehead atoms. The predicted octanol–water partition coefficient (Wildman–Crippen LogP) is 0.902. The molecular formula is C12H26N4. The summed E-state index contributed by atoms with van der Waals surface area (Å²) in [4.78, 5) is 6.63. The van der Waals surface area contributed by atoms with Gasteiger partial charge < -0.3 is 15.5 Å².